The number of hydrogen-bond donors (Lipinski definition) is 1. The second kappa shape index (κ2) is 7.24. The van der Waals surface area contributed by atoms with Gasteiger partial charge in [-0.3, -0.25) is 4.79 Å². The molecule has 1 heterocycles. The number of carbonyl (C=O) groups excluding carboxylic acids is 1. The fraction of sp³-hybridized carbons (Fsp3) is 0.167. The maximum Gasteiger partial charge on any atom is 0.239 e. The molecule has 1 saturated heterocycles. The van der Waals surface area contributed by atoms with Crippen molar-refractivity contribution in [3.8, 4) is 0 Å². The van der Waals surface area contributed by atoms with Gasteiger partial charge in [0.05, 0.1) is 11.5 Å². The summed E-state index contributed by atoms with van der Waals surface area (Å²) in [6.07, 6.45) is 2.37. The van der Waals surface area contributed by atoms with E-state index in [1.54, 1.807) is 6.21 Å². The molecule has 1 aliphatic rings. The third-order valence-electron chi connectivity index (χ3n) is 3.60. The van der Waals surface area contributed by atoms with Gasteiger partial charge in [0.25, 0.3) is 0 Å². The minimum Gasteiger partial charge on any atom is -0.303 e. The summed E-state index contributed by atoms with van der Waals surface area (Å²) in [5, 5.41) is 11.3. The van der Waals surface area contributed by atoms with Crippen molar-refractivity contribution in [2.24, 2.45) is 10.2 Å². The average Bonchev–Trinajstić information content (AvgIpc) is 2.90. The zero-order chi connectivity index (χ0) is 16.1. The summed E-state index contributed by atoms with van der Waals surface area (Å²) in [6, 6.07) is 17.9. The van der Waals surface area contributed by atoms with Crippen LogP contribution >= 0.6 is 11.8 Å². The number of nitrogens with zero attached hydrogens (tertiary/aromatic N) is 2. The van der Waals surface area contributed by atoms with Crippen molar-refractivity contribution >= 4 is 29.1 Å². The van der Waals surface area contributed by atoms with E-state index in [1.807, 2.05) is 42.5 Å². The highest BCUT2D eigenvalue weighted by Gasteiger charge is 2.30. The number of nitrogens with one attached hydrogen (secondary N) is 1. The summed E-state index contributed by atoms with van der Waals surface area (Å²) in [6.45, 7) is 2.06. The number of rotatable bonds is 4. The predicted molar refractivity (Wildman–Crippen MR) is 95.9 cm³/mol. The number of aryl methyl sites for hydroxylation is 1. The van der Waals surface area contributed by atoms with Gasteiger partial charge < -0.3 is 5.32 Å². The fourth-order valence-corrected chi connectivity index (χ4v) is 3.26. The third-order valence-corrected chi connectivity index (χ3v) is 4.67. The van der Waals surface area contributed by atoms with Crippen molar-refractivity contribution < 1.29 is 4.79 Å². The highest BCUT2D eigenvalue weighted by atomic mass is 32.2. The summed E-state index contributed by atoms with van der Waals surface area (Å²) in [4.78, 5) is 12.1. The lowest BCUT2D eigenvalue weighted by atomic mass is 10.0. The third kappa shape index (κ3) is 4.07. The van der Waals surface area contributed by atoms with Crippen LogP contribution in [0.25, 0.3) is 0 Å². The Labute approximate surface area is 139 Å². The van der Waals surface area contributed by atoms with Crippen LogP contribution in [0.15, 0.2) is 64.8 Å². The number of amidine groups is 1. The molecule has 1 amide bonds. The minimum absolute atomic E-state index is 0.00749. The molecule has 23 heavy (non-hydrogen) atoms. The molecule has 5 heteroatoms. The quantitative estimate of drug-likeness (QED) is 0.694. The van der Waals surface area contributed by atoms with Crippen molar-refractivity contribution in [1.29, 1.82) is 0 Å². The van der Waals surface area contributed by atoms with Gasteiger partial charge in [-0.15, -0.1) is 5.10 Å². The zero-order valence-electron chi connectivity index (χ0n) is 12.8. The number of benzene rings is 2. The van der Waals surface area contributed by atoms with E-state index >= 15 is 0 Å². The van der Waals surface area contributed by atoms with E-state index in [4.69, 9.17) is 0 Å². The van der Waals surface area contributed by atoms with Crippen LogP contribution in [-0.2, 0) is 11.2 Å². The molecule has 1 N–H and O–H groups in total. The predicted octanol–water partition coefficient (Wildman–Crippen LogP) is 3.16. The topological polar surface area (TPSA) is 53.8 Å². The van der Waals surface area contributed by atoms with Crippen LogP contribution < -0.4 is 5.32 Å². The second-order valence-electron chi connectivity index (χ2n) is 5.29. The summed E-state index contributed by atoms with van der Waals surface area (Å²) < 4.78 is 0. The van der Waals surface area contributed by atoms with Crippen LogP contribution in [0.1, 0.15) is 16.7 Å². The van der Waals surface area contributed by atoms with E-state index in [0.29, 0.717) is 11.6 Å². The molecule has 0 aliphatic carbocycles. The molecule has 1 unspecified atom stereocenters. The number of thioether (sulfide) groups is 1. The van der Waals surface area contributed by atoms with Gasteiger partial charge in [-0.1, -0.05) is 66.4 Å². The minimum atomic E-state index is -0.151. The van der Waals surface area contributed by atoms with Gasteiger partial charge in [-0.2, -0.15) is 5.10 Å². The van der Waals surface area contributed by atoms with Gasteiger partial charge in [-0.05, 0) is 30.0 Å². The number of hydrogen-bond acceptors (Lipinski definition) is 4. The van der Waals surface area contributed by atoms with Crippen molar-refractivity contribution in [2.75, 3.05) is 0 Å². The molecule has 4 nitrogen and oxygen atoms in total. The number of amides is 1. The smallest absolute Gasteiger partial charge is 0.239 e. The first kappa shape index (κ1) is 15.5. The summed E-state index contributed by atoms with van der Waals surface area (Å²) in [5.41, 5.74) is 3.37. The molecule has 1 atom stereocenters. The Morgan fingerprint density at radius 2 is 1.87 bits per heavy atom. The van der Waals surface area contributed by atoms with Crippen molar-refractivity contribution in [2.45, 2.75) is 18.6 Å². The summed E-state index contributed by atoms with van der Waals surface area (Å²) in [7, 11) is 0. The monoisotopic (exact) mass is 323 g/mol. The Bertz CT molecular complexity index is 756. The maximum absolute atomic E-state index is 12.1. The molecular weight excluding hydrogens is 306 g/mol. The highest BCUT2D eigenvalue weighted by Crippen LogP contribution is 2.24. The van der Waals surface area contributed by atoms with Gasteiger partial charge in [-0.25, -0.2) is 0 Å². The lowest BCUT2D eigenvalue weighted by molar-refractivity contribution is -0.118. The first-order valence-corrected chi connectivity index (χ1v) is 8.28. The lowest BCUT2D eigenvalue weighted by Gasteiger charge is -2.07. The molecule has 0 spiro atoms. The lowest BCUT2D eigenvalue weighted by Crippen LogP contribution is -2.26. The SMILES string of the molecule is Cc1ccccc1CC1S/C(=N/N=Cc2ccccc2)NC1=O. The van der Waals surface area contributed by atoms with E-state index in [9.17, 15) is 4.79 Å². The Morgan fingerprint density at radius 1 is 1.13 bits per heavy atom. The van der Waals surface area contributed by atoms with E-state index < -0.39 is 0 Å². The average molecular weight is 323 g/mol. The Balaban J connectivity index is 1.64. The normalized spacial score (nSPS) is 19.4. The van der Waals surface area contributed by atoms with Gasteiger partial charge in [0.2, 0.25) is 5.91 Å². The molecule has 1 aliphatic heterocycles. The first-order valence-electron chi connectivity index (χ1n) is 7.40. The van der Waals surface area contributed by atoms with E-state index in [0.717, 1.165) is 5.56 Å². The van der Waals surface area contributed by atoms with Crippen molar-refractivity contribution in [1.82, 2.24) is 5.32 Å². The van der Waals surface area contributed by atoms with Crippen LogP contribution in [0, 0.1) is 6.92 Å². The standard InChI is InChI=1S/C18H17N3OS/c1-13-7-5-6-10-15(13)11-16-17(22)20-18(23-16)21-19-12-14-8-3-2-4-9-14/h2-10,12,16H,11H2,1H3,(H,20,21,22). The Kier molecular flexibility index (Phi) is 4.88. The second-order valence-corrected chi connectivity index (χ2v) is 6.48. The fourth-order valence-electron chi connectivity index (χ4n) is 2.31. The van der Waals surface area contributed by atoms with Crippen molar-refractivity contribution in [3.63, 3.8) is 0 Å². The van der Waals surface area contributed by atoms with Crippen LogP contribution in [-0.4, -0.2) is 22.5 Å². The van der Waals surface area contributed by atoms with Crippen LogP contribution in [0.2, 0.25) is 0 Å². The van der Waals surface area contributed by atoms with Crippen LogP contribution in [0.5, 0.6) is 0 Å². The molecule has 1 fully saturated rings. The molecule has 2 aromatic carbocycles. The summed E-state index contributed by atoms with van der Waals surface area (Å²) in [5.74, 6) is -0.00749. The van der Waals surface area contributed by atoms with Crippen molar-refractivity contribution in [3.05, 3.63) is 71.3 Å². The molecule has 2 aromatic rings. The van der Waals surface area contributed by atoms with E-state index in [-0.39, 0.29) is 11.2 Å². The molecule has 0 aromatic heterocycles. The molecule has 3 rings (SSSR count). The van der Waals surface area contributed by atoms with Gasteiger partial charge in [0.1, 0.15) is 0 Å². The van der Waals surface area contributed by atoms with Crippen LogP contribution in [0.4, 0.5) is 0 Å². The zero-order valence-corrected chi connectivity index (χ0v) is 13.6. The van der Waals surface area contributed by atoms with Gasteiger partial charge >= 0.3 is 0 Å². The summed E-state index contributed by atoms with van der Waals surface area (Å²) >= 11 is 1.43. The van der Waals surface area contributed by atoms with Gasteiger partial charge in [0.15, 0.2) is 5.17 Å². The Morgan fingerprint density at radius 3 is 2.65 bits per heavy atom. The number of carbonyl (C=O) groups is 1. The van der Waals surface area contributed by atoms with E-state index in [1.165, 1.54) is 22.9 Å². The van der Waals surface area contributed by atoms with Gasteiger partial charge in [0, 0.05) is 0 Å². The molecular formula is C18H17N3OS. The maximum atomic E-state index is 12.1. The molecule has 0 bridgehead atoms. The van der Waals surface area contributed by atoms with Crippen LogP contribution in [0.3, 0.4) is 0 Å². The molecule has 0 radical (unpaired) electrons. The highest BCUT2D eigenvalue weighted by molar-refractivity contribution is 8.15. The first-order chi connectivity index (χ1) is 11.2. The van der Waals surface area contributed by atoms with E-state index in [2.05, 4.69) is 34.6 Å². The molecule has 0 saturated carbocycles. The molecule has 116 valence electrons. The Hall–Kier alpha value is -2.40. The largest absolute Gasteiger partial charge is 0.303 e.